The first-order valence-corrected chi connectivity index (χ1v) is 9.57. The van der Waals surface area contributed by atoms with Crippen LogP contribution in [0.15, 0.2) is 77.0 Å². The average Bonchev–Trinajstić information content (AvgIpc) is 3.04. The van der Waals surface area contributed by atoms with Crippen LogP contribution in [0.25, 0.3) is 0 Å². The molecule has 1 aromatic heterocycles. The number of aryl methyl sites for hydroxylation is 1. The summed E-state index contributed by atoms with van der Waals surface area (Å²) in [5, 5.41) is 4.90. The summed E-state index contributed by atoms with van der Waals surface area (Å²) >= 11 is 3.26. The second kappa shape index (κ2) is 8.18. The van der Waals surface area contributed by atoms with Gasteiger partial charge in [0.15, 0.2) is 0 Å². The van der Waals surface area contributed by atoms with Crippen LogP contribution in [-0.4, -0.2) is 5.91 Å². The van der Waals surface area contributed by atoms with Crippen LogP contribution in [0.2, 0.25) is 0 Å². The van der Waals surface area contributed by atoms with Crippen LogP contribution in [0, 0.1) is 6.92 Å². The van der Waals surface area contributed by atoms with Gasteiger partial charge in [0, 0.05) is 9.77 Å². The Labute approximate surface area is 150 Å². The molecule has 3 rings (SSSR count). The Morgan fingerprint density at radius 1 is 1.04 bits per heavy atom. The maximum absolute atomic E-state index is 12.8. The molecule has 1 amide bonds. The lowest BCUT2D eigenvalue weighted by Gasteiger charge is -2.17. The third kappa shape index (κ3) is 4.28. The Morgan fingerprint density at radius 2 is 1.71 bits per heavy atom. The molecule has 0 saturated carbocycles. The molecular formula is C20H19NOS2. The Kier molecular flexibility index (Phi) is 5.72. The van der Waals surface area contributed by atoms with Crippen molar-refractivity contribution in [3.63, 3.8) is 0 Å². The molecule has 4 heteroatoms. The van der Waals surface area contributed by atoms with Gasteiger partial charge in [0.2, 0.25) is 5.91 Å². The molecule has 122 valence electrons. The number of nitrogens with one attached hydrogen (secondary N) is 1. The van der Waals surface area contributed by atoms with Crippen LogP contribution < -0.4 is 5.32 Å². The number of hydrogen-bond donors (Lipinski definition) is 1. The second-order valence-electron chi connectivity index (χ2n) is 5.47. The number of thiophene rings is 1. The van der Waals surface area contributed by atoms with Crippen LogP contribution in [-0.2, 0) is 11.3 Å². The van der Waals surface area contributed by atoms with Gasteiger partial charge in [-0.2, -0.15) is 0 Å². The van der Waals surface area contributed by atoms with Crippen LogP contribution >= 0.6 is 23.1 Å². The largest absolute Gasteiger partial charge is 0.350 e. The van der Waals surface area contributed by atoms with Gasteiger partial charge in [-0.3, -0.25) is 4.79 Å². The smallest absolute Gasteiger partial charge is 0.238 e. The molecule has 0 aliphatic rings. The monoisotopic (exact) mass is 353 g/mol. The van der Waals surface area contributed by atoms with Crippen molar-refractivity contribution in [2.24, 2.45) is 0 Å². The third-order valence-electron chi connectivity index (χ3n) is 3.73. The van der Waals surface area contributed by atoms with E-state index >= 15 is 0 Å². The van der Waals surface area contributed by atoms with Gasteiger partial charge < -0.3 is 5.32 Å². The lowest BCUT2D eigenvalue weighted by atomic mass is 10.1. The third-order valence-corrected chi connectivity index (χ3v) is 6.02. The number of rotatable bonds is 6. The molecule has 0 saturated heterocycles. The SMILES string of the molecule is Cc1ccsc1CNC(=O)C(Sc1ccccc1)c1ccccc1. The molecule has 0 radical (unpaired) electrons. The van der Waals surface area contributed by atoms with Gasteiger partial charge in [0.05, 0.1) is 6.54 Å². The average molecular weight is 354 g/mol. The quantitative estimate of drug-likeness (QED) is 0.617. The number of hydrogen-bond acceptors (Lipinski definition) is 3. The van der Waals surface area contributed by atoms with E-state index in [0.29, 0.717) is 6.54 Å². The summed E-state index contributed by atoms with van der Waals surface area (Å²) < 4.78 is 0. The van der Waals surface area contributed by atoms with E-state index in [2.05, 4.69) is 23.7 Å². The van der Waals surface area contributed by atoms with Crippen LogP contribution in [0.4, 0.5) is 0 Å². The van der Waals surface area contributed by atoms with E-state index in [4.69, 9.17) is 0 Å². The molecule has 0 aliphatic heterocycles. The van der Waals surface area contributed by atoms with Crippen molar-refractivity contribution in [1.82, 2.24) is 5.32 Å². The highest BCUT2D eigenvalue weighted by molar-refractivity contribution is 8.00. The van der Waals surface area contributed by atoms with Crippen LogP contribution in [0.1, 0.15) is 21.3 Å². The molecule has 1 atom stereocenters. The van der Waals surface area contributed by atoms with Crippen molar-refractivity contribution >= 4 is 29.0 Å². The Bertz CT molecular complexity index is 784. The zero-order chi connectivity index (χ0) is 16.8. The highest BCUT2D eigenvalue weighted by atomic mass is 32.2. The van der Waals surface area contributed by atoms with Gasteiger partial charge in [-0.05, 0) is 41.6 Å². The molecule has 0 bridgehead atoms. The molecular weight excluding hydrogens is 334 g/mol. The Morgan fingerprint density at radius 3 is 2.33 bits per heavy atom. The molecule has 1 unspecified atom stereocenters. The maximum atomic E-state index is 12.8. The number of carbonyl (C=O) groups is 1. The van der Waals surface area contributed by atoms with E-state index < -0.39 is 0 Å². The van der Waals surface area contributed by atoms with E-state index in [1.54, 1.807) is 23.1 Å². The zero-order valence-electron chi connectivity index (χ0n) is 13.4. The van der Waals surface area contributed by atoms with Crippen LogP contribution in [0.3, 0.4) is 0 Å². The lowest BCUT2D eigenvalue weighted by molar-refractivity contribution is -0.120. The molecule has 2 nitrogen and oxygen atoms in total. The fraction of sp³-hybridized carbons (Fsp3) is 0.150. The topological polar surface area (TPSA) is 29.1 Å². The Balaban J connectivity index is 1.76. The van der Waals surface area contributed by atoms with E-state index in [0.717, 1.165) is 10.5 Å². The van der Waals surface area contributed by atoms with E-state index in [1.165, 1.54) is 10.4 Å². The van der Waals surface area contributed by atoms with Gasteiger partial charge in [-0.1, -0.05) is 48.5 Å². The summed E-state index contributed by atoms with van der Waals surface area (Å²) in [7, 11) is 0. The van der Waals surface area contributed by atoms with E-state index in [1.807, 2.05) is 60.7 Å². The lowest BCUT2D eigenvalue weighted by Crippen LogP contribution is -2.27. The summed E-state index contributed by atoms with van der Waals surface area (Å²) in [6.45, 7) is 2.66. The number of carbonyl (C=O) groups excluding carboxylic acids is 1. The molecule has 0 fully saturated rings. The van der Waals surface area contributed by atoms with Gasteiger partial charge in [-0.15, -0.1) is 23.1 Å². The van der Waals surface area contributed by atoms with Crippen molar-refractivity contribution in [1.29, 1.82) is 0 Å². The number of thioether (sulfide) groups is 1. The van der Waals surface area contributed by atoms with Gasteiger partial charge in [0.1, 0.15) is 5.25 Å². The minimum Gasteiger partial charge on any atom is -0.350 e. The van der Waals surface area contributed by atoms with Crippen molar-refractivity contribution in [2.45, 2.75) is 23.6 Å². The predicted octanol–water partition coefficient (Wildman–Crippen LogP) is 5.21. The molecule has 1 heterocycles. The van der Waals surface area contributed by atoms with E-state index in [9.17, 15) is 4.79 Å². The van der Waals surface area contributed by atoms with E-state index in [-0.39, 0.29) is 11.2 Å². The molecule has 24 heavy (non-hydrogen) atoms. The molecule has 1 N–H and O–H groups in total. The first kappa shape index (κ1) is 16.8. The fourth-order valence-electron chi connectivity index (χ4n) is 2.38. The predicted molar refractivity (Wildman–Crippen MR) is 102 cm³/mol. The summed E-state index contributed by atoms with van der Waals surface area (Å²) in [6, 6.07) is 22.1. The first-order valence-electron chi connectivity index (χ1n) is 7.81. The minimum absolute atomic E-state index is 0.0443. The van der Waals surface area contributed by atoms with Crippen LogP contribution in [0.5, 0.6) is 0 Å². The summed E-state index contributed by atoms with van der Waals surface area (Å²) in [4.78, 5) is 15.1. The first-order chi connectivity index (χ1) is 11.7. The second-order valence-corrected chi connectivity index (χ2v) is 7.65. The van der Waals surface area contributed by atoms with Crippen molar-refractivity contribution in [2.75, 3.05) is 0 Å². The zero-order valence-corrected chi connectivity index (χ0v) is 15.1. The van der Waals surface area contributed by atoms with Crippen molar-refractivity contribution < 1.29 is 4.79 Å². The van der Waals surface area contributed by atoms with Crippen molar-refractivity contribution in [3.8, 4) is 0 Å². The standard InChI is InChI=1S/C20H19NOS2/c1-15-12-13-23-18(15)14-21-20(22)19(16-8-4-2-5-9-16)24-17-10-6-3-7-11-17/h2-13,19H,14H2,1H3,(H,21,22). The summed E-state index contributed by atoms with van der Waals surface area (Å²) in [6.07, 6.45) is 0. The van der Waals surface area contributed by atoms with Gasteiger partial charge >= 0.3 is 0 Å². The van der Waals surface area contributed by atoms with Gasteiger partial charge in [-0.25, -0.2) is 0 Å². The van der Waals surface area contributed by atoms with Gasteiger partial charge in [0.25, 0.3) is 0 Å². The number of benzene rings is 2. The fourth-order valence-corrected chi connectivity index (χ4v) is 4.30. The molecule has 2 aromatic carbocycles. The Hall–Kier alpha value is -2.04. The molecule has 0 spiro atoms. The number of amides is 1. The summed E-state index contributed by atoms with van der Waals surface area (Å²) in [5.74, 6) is 0.0443. The minimum atomic E-state index is -0.256. The molecule has 3 aromatic rings. The van der Waals surface area contributed by atoms with Crippen molar-refractivity contribution in [3.05, 3.63) is 88.1 Å². The highest BCUT2D eigenvalue weighted by Gasteiger charge is 2.21. The maximum Gasteiger partial charge on any atom is 0.238 e. The highest BCUT2D eigenvalue weighted by Crippen LogP contribution is 2.35. The summed E-state index contributed by atoms with van der Waals surface area (Å²) in [5.41, 5.74) is 2.25. The molecule has 0 aliphatic carbocycles. The normalized spacial score (nSPS) is 11.9.